The van der Waals surface area contributed by atoms with Gasteiger partial charge in [-0.15, -0.1) is 0 Å². The lowest BCUT2D eigenvalue weighted by molar-refractivity contribution is -0.122. The first-order valence-electron chi connectivity index (χ1n) is 6.54. The Morgan fingerprint density at radius 1 is 1.47 bits per heavy atom. The molecule has 1 aliphatic carbocycles. The molecule has 1 heterocycles. The van der Waals surface area contributed by atoms with Gasteiger partial charge in [0.25, 0.3) is 0 Å². The smallest absolute Gasteiger partial charge is 0.221 e. The molecular formula is C12H23N3O2. The molecule has 0 aromatic heterocycles. The summed E-state index contributed by atoms with van der Waals surface area (Å²) in [5.41, 5.74) is 0. The molecule has 1 aliphatic heterocycles. The molecule has 1 saturated carbocycles. The van der Waals surface area contributed by atoms with Crippen molar-refractivity contribution in [3.63, 3.8) is 0 Å². The molecule has 1 unspecified atom stereocenters. The van der Waals surface area contributed by atoms with Crippen LogP contribution in [0.5, 0.6) is 0 Å². The van der Waals surface area contributed by atoms with E-state index in [0.717, 1.165) is 26.2 Å². The van der Waals surface area contributed by atoms with Crippen molar-refractivity contribution in [3.8, 4) is 0 Å². The molecule has 0 bridgehead atoms. The quantitative estimate of drug-likeness (QED) is 0.663. The molecule has 1 amide bonds. The molecule has 1 atom stereocenters. The summed E-state index contributed by atoms with van der Waals surface area (Å²) in [6, 6.07) is 0.679. The lowest BCUT2D eigenvalue weighted by Gasteiger charge is -2.30. The van der Waals surface area contributed by atoms with Gasteiger partial charge in [0, 0.05) is 38.6 Å². The molecule has 5 nitrogen and oxygen atoms in total. The molecule has 17 heavy (non-hydrogen) atoms. The number of carbonyl (C=O) groups excluding carboxylic acids is 1. The van der Waals surface area contributed by atoms with Gasteiger partial charge < -0.3 is 20.3 Å². The summed E-state index contributed by atoms with van der Waals surface area (Å²) in [5, 5.41) is 6.27. The predicted octanol–water partition coefficient (Wildman–Crippen LogP) is -0.425. The van der Waals surface area contributed by atoms with Crippen LogP contribution in [0, 0.1) is 0 Å². The molecule has 0 spiro atoms. The standard InChI is InChI=1S/C12H23N3O2/c1-15-6-7-17-11(9-15)8-14-12(16)4-5-13-10-2-3-10/h10-11,13H,2-9H2,1H3,(H,14,16). The highest BCUT2D eigenvalue weighted by atomic mass is 16.5. The molecular weight excluding hydrogens is 218 g/mol. The average Bonchev–Trinajstić information content (AvgIpc) is 3.11. The summed E-state index contributed by atoms with van der Waals surface area (Å²) in [7, 11) is 2.08. The zero-order valence-electron chi connectivity index (χ0n) is 10.6. The summed E-state index contributed by atoms with van der Waals surface area (Å²) >= 11 is 0. The third-order valence-electron chi connectivity index (χ3n) is 3.23. The lowest BCUT2D eigenvalue weighted by atomic mass is 10.2. The van der Waals surface area contributed by atoms with Crippen molar-refractivity contribution in [2.45, 2.75) is 31.4 Å². The van der Waals surface area contributed by atoms with Crippen LogP contribution in [-0.2, 0) is 9.53 Å². The molecule has 1 saturated heterocycles. The molecule has 2 aliphatic rings. The minimum absolute atomic E-state index is 0.120. The van der Waals surface area contributed by atoms with E-state index in [1.807, 2.05) is 0 Å². The van der Waals surface area contributed by atoms with Gasteiger partial charge >= 0.3 is 0 Å². The van der Waals surface area contributed by atoms with Crippen molar-refractivity contribution >= 4 is 5.91 Å². The van der Waals surface area contributed by atoms with Gasteiger partial charge in [-0.25, -0.2) is 0 Å². The maximum Gasteiger partial charge on any atom is 0.221 e. The van der Waals surface area contributed by atoms with Gasteiger partial charge in [0.15, 0.2) is 0 Å². The number of amides is 1. The summed E-state index contributed by atoms with van der Waals surface area (Å²) < 4.78 is 5.58. The minimum atomic E-state index is 0.120. The predicted molar refractivity (Wildman–Crippen MR) is 65.9 cm³/mol. The van der Waals surface area contributed by atoms with Gasteiger partial charge in [-0.3, -0.25) is 4.79 Å². The molecule has 2 fully saturated rings. The van der Waals surface area contributed by atoms with Crippen molar-refractivity contribution < 1.29 is 9.53 Å². The topological polar surface area (TPSA) is 53.6 Å². The number of nitrogens with one attached hydrogen (secondary N) is 2. The van der Waals surface area contributed by atoms with Crippen LogP contribution in [0.15, 0.2) is 0 Å². The van der Waals surface area contributed by atoms with E-state index >= 15 is 0 Å². The summed E-state index contributed by atoms with van der Waals surface area (Å²) in [6.07, 6.45) is 3.25. The first-order chi connectivity index (χ1) is 8.24. The second-order valence-corrected chi connectivity index (χ2v) is 5.04. The molecule has 0 aromatic rings. The highest BCUT2D eigenvalue weighted by Gasteiger charge is 2.21. The Kier molecular flexibility index (Phi) is 4.76. The first kappa shape index (κ1) is 12.8. The van der Waals surface area contributed by atoms with Crippen LogP contribution < -0.4 is 10.6 Å². The van der Waals surface area contributed by atoms with E-state index in [-0.39, 0.29) is 12.0 Å². The Balaban J connectivity index is 1.52. The Labute approximate surface area is 103 Å². The largest absolute Gasteiger partial charge is 0.374 e. The molecule has 5 heteroatoms. The first-order valence-corrected chi connectivity index (χ1v) is 6.54. The third-order valence-corrected chi connectivity index (χ3v) is 3.23. The number of rotatable bonds is 6. The van der Waals surface area contributed by atoms with Gasteiger partial charge in [0.1, 0.15) is 0 Å². The van der Waals surface area contributed by atoms with E-state index in [0.29, 0.717) is 19.0 Å². The van der Waals surface area contributed by atoms with Crippen molar-refractivity contribution in [2.75, 3.05) is 39.8 Å². The van der Waals surface area contributed by atoms with E-state index < -0.39 is 0 Å². The average molecular weight is 241 g/mol. The highest BCUT2D eigenvalue weighted by molar-refractivity contribution is 5.76. The van der Waals surface area contributed by atoms with Crippen molar-refractivity contribution in [1.82, 2.24) is 15.5 Å². The van der Waals surface area contributed by atoms with E-state index in [1.165, 1.54) is 12.8 Å². The number of ether oxygens (including phenoxy) is 1. The zero-order chi connectivity index (χ0) is 12.1. The van der Waals surface area contributed by atoms with Gasteiger partial charge in [-0.2, -0.15) is 0 Å². The third kappa shape index (κ3) is 5.02. The van der Waals surface area contributed by atoms with E-state index in [1.54, 1.807) is 0 Å². The van der Waals surface area contributed by atoms with Crippen LogP contribution in [0.4, 0.5) is 0 Å². The normalized spacial score (nSPS) is 25.8. The Morgan fingerprint density at radius 3 is 3.00 bits per heavy atom. The second-order valence-electron chi connectivity index (χ2n) is 5.04. The highest BCUT2D eigenvalue weighted by Crippen LogP contribution is 2.18. The van der Waals surface area contributed by atoms with Crippen LogP contribution in [0.2, 0.25) is 0 Å². The Morgan fingerprint density at radius 2 is 2.29 bits per heavy atom. The molecule has 2 rings (SSSR count). The van der Waals surface area contributed by atoms with E-state index in [9.17, 15) is 4.79 Å². The van der Waals surface area contributed by atoms with Crippen molar-refractivity contribution in [3.05, 3.63) is 0 Å². The van der Waals surface area contributed by atoms with Gasteiger partial charge in [0.2, 0.25) is 5.91 Å². The maximum absolute atomic E-state index is 11.5. The fraction of sp³-hybridized carbons (Fsp3) is 0.917. The second kappa shape index (κ2) is 6.33. The number of nitrogens with zero attached hydrogens (tertiary/aromatic N) is 1. The Bertz CT molecular complexity index is 256. The van der Waals surface area contributed by atoms with E-state index in [2.05, 4.69) is 22.6 Å². The summed E-state index contributed by atoms with van der Waals surface area (Å²) in [4.78, 5) is 13.8. The number of hydrogen-bond acceptors (Lipinski definition) is 4. The van der Waals surface area contributed by atoms with Gasteiger partial charge in [-0.1, -0.05) is 0 Å². The van der Waals surface area contributed by atoms with Crippen molar-refractivity contribution in [1.29, 1.82) is 0 Å². The fourth-order valence-corrected chi connectivity index (χ4v) is 1.98. The van der Waals surface area contributed by atoms with Crippen LogP contribution in [0.1, 0.15) is 19.3 Å². The molecule has 98 valence electrons. The van der Waals surface area contributed by atoms with Crippen molar-refractivity contribution in [2.24, 2.45) is 0 Å². The molecule has 2 N–H and O–H groups in total. The van der Waals surface area contributed by atoms with Crippen LogP contribution in [0.3, 0.4) is 0 Å². The van der Waals surface area contributed by atoms with Crippen LogP contribution in [-0.4, -0.2) is 62.8 Å². The van der Waals surface area contributed by atoms with Gasteiger partial charge in [0.05, 0.1) is 12.7 Å². The number of hydrogen-bond donors (Lipinski definition) is 2. The lowest BCUT2D eigenvalue weighted by Crippen LogP contribution is -2.46. The SMILES string of the molecule is CN1CCOC(CNC(=O)CCNC2CC2)C1. The fourth-order valence-electron chi connectivity index (χ4n) is 1.98. The van der Waals surface area contributed by atoms with Crippen LogP contribution in [0.25, 0.3) is 0 Å². The summed E-state index contributed by atoms with van der Waals surface area (Å²) in [6.45, 7) is 4.07. The van der Waals surface area contributed by atoms with E-state index in [4.69, 9.17) is 4.74 Å². The number of morpholine rings is 1. The monoisotopic (exact) mass is 241 g/mol. The number of carbonyl (C=O) groups is 1. The van der Waals surface area contributed by atoms with Crippen LogP contribution >= 0.6 is 0 Å². The minimum Gasteiger partial charge on any atom is -0.374 e. The maximum atomic E-state index is 11.5. The van der Waals surface area contributed by atoms with Gasteiger partial charge in [-0.05, 0) is 19.9 Å². The Hall–Kier alpha value is -0.650. The molecule has 0 aromatic carbocycles. The number of likely N-dealkylation sites (N-methyl/N-ethyl adjacent to an activating group) is 1. The summed E-state index contributed by atoms with van der Waals surface area (Å²) in [5.74, 6) is 0.120. The molecule has 0 radical (unpaired) electrons. The zero-order valence-corrected chi connectivity index (χ0v) is 10.6.